The summed E-state index contributed by atoms with van der Waals surface area (Å²) in [6.45, 7) is 8.71. The lowest BCUT2D eigenvalue weighted by atomic mass is 10.0. The molecule has 1 aromatic carbocycles. The van der Waals surface area contributed by atoms with E-state index in [4.69, 9.17) is 0 Å². The zero-order valence-corrected chi connectivity index (χ0v) is 17.6. The van der Waals surface area contributed by atoms with Gasteiger partial charge in [0.2, 0.25) is 10.0 Å². The van der Waals surface area contributed by atoms with Gasteiger partial charge < -0.3 is 9.80 Å². The number of piperazine rings is 1. The van der Waals surface area contributed by atoms with Gasteiger partial charge in [0.25, 0.3) is 5.91 Å². The number of hydrogen-bond acceptors (Lipinski definition) is 4. The first kappa shape index (κ1) is 20.3. The van der Waals surface area contributed by atoms with Crippen LogP contribution in [0.3, 0.4) is 0 Å². The molecule has 1 amide bonds. The average Bonchev–Trinajstić information content (AvgIpc) is 3.47. The van der Waals surface area contributed by atoms with E-state index in [0.29, 0.717) is 24.6 Å². The highest BCUT2D eigenvalue weighted by Crippen LogP contribution is 2.32. The molecule has 1 unspecified atom stereocenters. The maximum atomic E-state index is 13.2. The molecule has 0 bridgehead atoms. The highest BCUT2D eigenvalue weighted by atomic mass is 32.2. The van der Waals surface area contributed by atoms with E-state index in [1.165, 1.54) is 4.31 Å². The molecule has 1 aromatic rings. The van der Waals surface area contributed by atoms with Crippen LogP contribution in [-0.4, -0.2) is 73.7 Å². The Labute approximate surface area is 163 Å². The summed E-state index contributed by atoms with van der Waals surface area (Å²) >= 11 is 0. The molecular weight excluding hydrogens is 362 g/mol. The molecule has 3 rings (SSSR count). The average molecular weight is 394 g/mol. The first-order valence-electron chi connectivity index (χ1n) is 9.83. The number of likely N-dealkylation sites (N-methyl/N-ethyl adjacent to an activating group) is 1. The minimum absolute atomic E-state index is 0.0610. The number of carbonyl (C=O) groups is 1. The highest BCUT2D eigenvalue weighted by molar-refractivity contribution is 7.89. The molecule has 27 heavy (non-hydrogen) atoms. The second-order valence-corrected chi connectivity index (χ2v) is 10.1. The number of nitrogens with zero attached hydrogens (tertiary/aromatic N) is 3. The third-order valence-corrected chi connectivity index (χ3v) is 7.65. The van der Waals surface area contributed by atoms with Crippen LogP contribution in [-0.2, 0) is 10.0 Å². The van der Waals surface area contributed by atoms with Crippen LogP contribution < -0.4 is 0 Å². The normalized spacial score (nSPS) is 20.6. The van der Waals surface area contributed by atoms with E-state index in [1.54, 1.807) is 24.3 Å². The molecule has 0 spiro atoms. The van der Waals surface area contributed by atoms with E-state index in [0.717, 1.165) is 25.9 Å². The van der Waals surface area contributed by atoms with Crippen LogP contribution in [0.15, 0.2) is 29.2 Å². The Hall–Kier alpha value is -1.44. The Kier molecular flexibility index (Phi) is 5.93. The number of sulfonamides is 1. The van der Waals surface area contributed by atoms with Gasteiger partial charge in [-0.3, -0.25) is 4.79 Å². The number of hydrogen-bond donors (Lipinski definition) is 0. The van der Waals surface area contributed by atoms with Crippen molar-refractivity contribution in [3.63, 3.8) is 0 Å². The summed E-state index contributed by atoms with van der Waals surface area (Å²) in [5.41, 5.74) is 0.463. The number of amides is 1. The fourth-order valence-corrected chi connectivity index (χ4v) is 4.94. The van der Waals surface area contributed by atoms with Gasteiger partial charge in [0.15, 0.2) is 0 Å². The number of rotatable bonds is 6. The van der Waals surface area contributed by atoms with Gasteiger partial charge in [0, 0.05) is 43.8 Å². The Morgan fingerprint density at radius 2 is 1.74 bits per heavy atom. The minimum atomic E-state index is -3.57. The van der Waals surface area contributed by atoms with Crippen LogP contribution in [0.4, 0.5) is 0 Å². The van der Waals surface area contributed by atoms with Gasteiger partial charge >= 0.3 is 0 Å². The molecule has 7 heteroatoms. The van der Waals surface area contributed by atoms with E-state index in [-0.39, 0.29) is 22.9 Å². The topological polar surface area (TPSA) is 60.9 Å². The van der Waals surface area contributed by atoms with Gasteiger partial charge in [-0.1, -0.05) is 19.9 Å². The van der Waals surface area contributed by atoms with Gasteiger partial charge in [-0.25, -0.2) is 8.42 Å². The SMILES string of the molecule is CC(C)C(C)N(C(=O)c1cccc(S(=O)(=O)N2CCN(C)CC2)c1)C1CC1. The van der Waals surface area contributed by atoms with Crippen molar-refractivity contribution in [2.24, 2.45) is 5.92 Å². The second-order valence-electron chi connectivity index (χ2n) is 8.16. The van der Waals surface area contributed by atoms with Crippen molar-refractivity contribution in [3.8, 4) is 0 Å². The Morgan fingerprint density at radius 3 is 2.30 bits per heavy atom. The van der Waals surface area contributed by atoms with Crippen LogP contribution in [0.1, 0.15) is 44.0 Å². The molecule has 1 aliphatic carbocycles. The summed E-state index contributed by atoms with van der Waals surface area (Å²) in [5, 5.41) is 0. The first-order chi connectivity index (χ1) is 12.7. The predicted molar refractivity (Wildman–Crippen MR) is 106 cm³/mol. The van der Waals surface area contributed by atoms with E-state index < -0.39 is 10.0 Å². The number of carbonyl (C=O) groups excluding carboxylic acids is 1. The maximum absolute atomic E-state index is 13.2. The lowest BCUT2D eigenvalue weighted by Gasteiger charge is -2.33. The number of benzene rings is 1. The molecule has 1 saturated carbocycles. The quantitative estimate of drug-likeness (QED) is 0.744. The van der Waals surface area contributed by atoms with E-state index in [9.17, 15) is 13.2 Å². The summed E-state index contributed by atoms with van der Waals surface area (Å²) in [6.07, 6.45) is 2.06. The third-order valence-electron chi connectivity index (χ3n) is 5.76. The molecule has 0 radical (unpaired) electrons. The van der Waals surface area contributed by atoms with Crippen LogP contribution in [0.5, 0.6) is 0 Å². The van der Waals surface area contributed by atoms with Crippen molar-refractivity contribution in [1.82, 2.24) is 14.1 Å². The van der Waals surface area contributed by atoms with Crippen LogP contribution >= 0.6 is 0 Å². The molecule has 1 atom stereocenters. The molecule has 1 heterocycles. The standard InChI is InChI=1S/C20H31N3O3S/c1-15(2)16(3)23(18-8-9-18)20(24)17-6-5-7-19(14-17)27(25,26)22-12-10-21(4)11-13-22/h5-7,14-16,18H,8-13H2,1-4H3. The van der Waals surface area contributed by atoms with Crippen LogP contribution in [0.25, 0.3) is 0 Å². The molecular formula is C20H31N3O3S. The molecule has 0 aromatic heterocycles. The monoisotopic (exact) mass is 393 g/mol. The van der Waals surface area contributed by atoms with Crippen molar-refractivity contribution in [2.45, 2.75) is 50.6 Å². The largest absolute Gasteiger partial charge is 0.333 e. The molecule has 2 aliphatic rings. The molecule has 1 saturated heterocycles. The van der Waals surface area contributed by atoms with Crippen LogP contribution in [0.2, 0.25) is 0 Å². The van der Waals surface area contributed by atoms with Crippen molar-refractivity contribution in [3.05, 3.63) is 29.8 Å². The molecule has 1 aliphatic heterocycles. The van der Waals surface area contributed by atoms with E-state index >= 15 is 0 Å². The summed E-state index contributed by atoms with van der Waals surface area (Å²) < 4.78 is 27.5. The Morgan fingerprint density at radius 1 is 1.11 bits per heavy atom. The molecule has 6 nitrogen and oxygen atoms in total. The van der Waals surface area contributed by atoms with Crippen molar-refractivity contribution >= 4 is 15.9 Å². The van der Waals surface area contributed by atoms with Crippen molar-refractivity contribution in [1.29, 1.82) is 0 Å². The lowest BCUT2D eigenvalue weighted by Crippen LogP contribution is -2.47. The molecule has 2 fully saturated rings. The molecule has 0 N–H and O–H groups in total. The van der Waals surface area contributed by atoms with Crippen molar-refractivity contribution in [2.75, 3.05) is 33.2 Å². The minimum Gasteiger partial charge on any atom is -0.333 e. The van der Waals surface area contributed by atoms with Crippen molar-refractivity contribution < 1.29 is 13.2 Å². The first-order valence-corrected chi connectivity index (χ1v) is 11.3. The smallest absolute Gasteiger partial charge is 0.254 e. The third kappa shape index (κ3) is 4.36. The Bertz CT molecular complexity index is 781. The van der Waals surface area contributed by atoms with Gasteiger partial charge in [-0.05, 0) is 50.9 Å². The van der Waals surface area contributed by atoms with E-state index in [1.807, 2.05) is 11.9 Å². The van der Waals surface area contributed by atoms with Gasteiger partial charge in [0.05, 0.1) is 4.90 Å². The Balaban J connectivity index is 1.85. The fourth-order valence-electron chi connectivity index (χ4n) is 3.47. The molecule has 150 valence electrons. The summed E-state index contributed by atoms with van der Waals surface area (Å²) in [7, 11) is -1.58. The zero-order valence-electron chi connectivity index (χ0n) is 16.8. The zero-order chi connectivity index (χ0) is 19.8. The summed E-state index contributed by atoms with van der Waals surface area (Å²) in [6, 6.07) is 6.97. The fraction of sp³-hybridized carbons (Fsp3) is 0.650. The summed E-state index contributed by atoms with van der Waals surface area (Å²) in [4.78, 5) is 17.5. The van der Waals surface area contributed by atoms with Gasteiger partial charge in [0.1, 0.15) is 0 Å². The van der Waals surface area contributed by atoms with Gasteiger partial charge in [-0.15, -0.1) is 0 Å². The van der Waals surface area contributed by atoms with E-state index in [2.05, 4.69) is 25.7 Å². The second kappa shape index (κ2) is 7.89. The summed E-state index contributed by atoms with van der Waals surface area (Å²) in [5.74, 6) is 0.293. The maximum Gasteiger partial charge on any atom is 0.254 e. The lowest BCUT2D eigenvalue weighted by molar-refractivity contribution is 0.0627. The predicted octanol–water partition coefficient (Wildman–Crippen LogP) is 2.27. The highest BCUT2D eigenvalue weighted by Gasteiger charge is 2.37. The van der Waals surface area contributed by atoms with Gasteiger partial charge in [-0.2, -0.15) is 4.31 Å². The van der Waals surface area contributed by atoms with Crippen LogP contribution in [0, 0.1) is 5.92 Å².